The summed E-state index contributed by atoms with van der Waals surface area (Å²) < 4.78 is 1.74. The molecule has 6 heteroatoms. The standard InChI is InChI=1S/C13H22N4O2/c1-11(18)15-12-4-2-6-16(8-12)9-13(19)10-17-7-3-5-14-17/h3,5,7,12-13,19H,2,4,6,8-10H2,1H3,(H,15,18). The van der Waals surface area contributed by atoms with Gasteiger partial charge in [0.2, 0.25) is 5.91 Å². The first-order valence-electron chi connectivity index (χ1n) is 6.78. The third-order valence-electron chi connectivity index (χ3n) is 3.34. The first-order chi connectivity index (χ1) is 9.13. The van der Waals surface area contributed by atoms with E-state index in [9.17, 15) is 9.90 Å². The highest BCUT2D eigenvalue weighted by molar-refractivity contribution is 5.73. The largest absolute Gasteiger partial charge is 0.390 e. The molecule has 2 N–H and O–H groups in total. The van der Waals surface area contributed by atoms with Crippen LogP contribution in [0.25, 0.3) is 0 Å². The minimum Gasteiger partial charge on any atom is -0.390 e. The molecule has 2 atom stereocenters. The van der Waals surface area contributed by atoms with Crippen LogP contribution in [-0.4, -0.2) is 57.5 Å². The number of β-amino-alcohol motifs (C(OH)–C–C–N with tert-alkyl or cyclic N) is 1. The van der Waals surface area contributed by atoms with Crippen molar-refractivity contribution < 1.29 is 9.90 Å². The van der Waals surface area contributed by atoms with Gasteiger partial charge in [0.15, 0.2) is 0 Å². The molecule has 19 heavy (non-hydrogen) atoms. The van der Waals surface area contributed by atoms with Gasteiger partial charge in [-0.25, -0.2) is 0 Å². The molecule has 1 fully saturated rings. The van der Waals surface area contributed by atoms with E-state index < -0.39 is 6.10 Å². The van der Waals surface area contributed by atoms with Crippen LogP contribution in [0.5, 0.6) is 0 Å². The summed E-state index contributed by atoms with van der Waals surface area (Å²) in [4.78, 5) is 13.3. The molecule has 0 saturated carbocycles. The van der Waals surface area contributed by atoms with Crippen LogP contribution >= 0.6 is 0 Å². The molecule has 2 unspecified atom stereocenters. The van der Waals surface area contributed by atoms with Gasteiger partial charge in [-0.05, 0) is 25.5 Å². The van der Waals surface area contributed by atoms with Crippen molar-refractivity contribution in [3.05, 3.63) is 18.5 Å². The van der Waals surface area contributed by atoms with Crippen molar-refractivity contribution in [2.45, 2.75) is 38.5 Å². The van der Waals surface area contributed by atoms with Gasteiger partial charge in [0.05, 0.1) is 12.6 Å². The molecule has 2 heterocycles. The number of likely N-dealkylation sites (tertiary alicyclic amines) is 1. The number of hydrogen-bond donors (Lipinski definition) is 2. The lowest BCUT2D eigenvalue weighted by molar-refractivity contribution is -0.120. The van der Waals surface area contributed by atoms with E-state index in [1.165, 1.54) is 0 Å². The second-order valence-electron chi connectivity index (χ2n) is 5.18. The van der Waals surface area contributed by atoms with Crippen LogP contribution in [0.2, 0.25) is 0 Å². The van der Waals surface area contributed by atoms with Gasteiger partial charge in [-0.1, -0.05) is 0 Å². The van der Waals surface area contributed by atoms with E-state index in [1.54, 1.807) is 17.8 Å². The summed E-state index contributed by atoms with van der Waals surface area (Å²) in [5.74, 6) is 0.0175. The van der Waals surface area contributed by atoms with Crippen molar-refractivity contribution in [1.82, 2.24) is 20.0 Å². The molecule has 0 spiro atoms. The van der Waals surface area contributed by atoms with Crippen molar-refractivity contribution in [1.29, 1.82) is 0 Å². The van der Waals surface area contributed by atoms with E-state index in [0.717, 1.165) is 25.9 Å². The topological polar surface area (TPSA) is 70.4 Å². The number of amides is 1. The SMILES string of the molecule is CC(=O)NC1CCCN(CC(O)Cn2cccn2)C1. The lowest BCUT2D eigenvalue weighted by Gasteiger charge is -2.34. The van der Waals surface area contributed by atoms with Crippen LogP contribution in [0.1, 0.15) is 19.8 Å². The summed E-state index contributed by atoms with van der Waals surface area (Å²) in [7, 11) is 0. The number of carbonyl (C=O) groups excluding carboxylic acids is 1. The summed E-state index contributed by atoms with van der Waals surface area (Å²) in [6.07, 6.45) is 5.20. The molecule has 106 valence electrons. The van der Waals surface area contributed by atoms with Crippen LogP contribution < -0.4 is 5.32 Å². The number of carbonyl (C=O) groups is 1. The van der Waals surface area contributed by atoms with Crippen molar-refractivity contribution in [2.75, 3.05) is 19.6 Å². The Hall–Kier alpha value is -1.40. The van der Waals surface area contributed by atoms with E-state index in [1.807, 2.05) is 12.3 Å². The number of piperidine rings is 1. The zero-order valence-electron chi connectivity index (χ0n) is 11.3. The molecule has 1 aromatic heterocycles. The second-order valence-corrected chi connectivity index (χ2v) is 5.18. The quantitative estimate of drug-likeness (QED) is 0.777. The molecule has 0 aromatic carbocycles. The average Bonchev–Trinajstić information content (AvgIpc) is 2.81. The highest BCUT2D eigenvalue weighted by atomic mass is 16.3. The molecule has 1 aromatic rings. The monoisotopic (exact) mass is 266 g/mol. The van der Waals surface area contributed by atoms with Gasteiger partial charge in [-0.15, -0.1) is 0 Å². The number of aliphatic hydroxyl groups is 1. The Morgan fingerprint density at radius 3 is 3.11 bits per heavy atom. The maximum Gasteiger partial charge on any atom is 0.217 e. The van der Waals surface area contributed by atoms with Crippen molar-refractivity contribution in [3.63, 3.8) is 0 Å². The highest BCUT2D eigenvalue weighted by Gasteiger charge is 2.22. The maximum absolute atomic E-state index is 11.1. The summed E-state index contributed by atoms with van der Waals surface area (Å²) in [6, 6.07) is 2.06. The number of aliphatic hydroxyl groups excluding tert-OH is 1. The van der Waals surface area contributed by atoms with Crippen LogP contribution in [0.4, 0.5) is 0 Å². The lowest BCUT2D eigenvalue weighted by Crippen LogP contribution is -2.49. The van der Waals surface area contributed by atoms with E-state index in [-0.39, 0.29) is 11.9 Å². The predicted octanol–water partition coefficient (Wildman–Crippen LogP) is -0.155. The zero-order chi connectivity index (χ0) is 13.7. The van der Waals surface area contributed by atoms with Crippen LogP contribution in [0.15, 0.2) is 18.5 Å². The molecule has 2 rings (SSSR count). The zero-order valence-corrected chi connectivity index (χ0v) is 11.3. The number of nitrogens with one attached hydrogen (secondary N) is 1. The minimum absolute atomic E-state index is 0.0175. The Balaban J connectivity index is 1.76. The van der Waals surface area contributed by atoms with E-state index in [0.29, 0.717) is 13.1 Å². The number of nitrogens with zero attached hydrogens (tertiary/aromatic N) is 3. The molecule has 1 amide bonds. The predicted molar refractivity (Wildman–Crippen MR) is 71.5 cm³/mol. The summed E-state index contributed by atoms with van der Waals surface area (Å²) in [6.45, 7) is 4.47. The van der Waals surface area contributed by atoms with Crippen LogP contribution in [0.3, 0.4) is 0 Å². The fraction of sp³-hybridized carbons (Fsp3) is 0.692. The van der Waals surface area contributed by atoms with Gasteiger partial charge in [-0.3, -0.25) is 14.4 Å². The molecule has 0 aliphatic carbocycles. The van der Waals surface area contributed by atoms with Gasteiger partial charge in [0.1, 0.15) is 0 Å². The Bertz CT molecular complexity index is 393. The first-order valence-corrected chi connectivity index (χ1v) is 6.78. The maximum atomic E-state index is 11.1. The summed E-state index contributed by atoms with van der Waals surface area (Å²) >= 11 is 0. The van der Waals surface area contributed by atoms with Gasteiger partial charge in [0, 0.05) is 38.4 Å². The Labute approximate surface area is 113 Å². The van der Waals surface area contributed by atoms with Crippen molar-refractivity contribution >= 4 is 5.91 Å². The van der Waals surface area contributed by atoms with Crippen molar-refractivity contribution in [2.24, 2.45) is 0 Å². The van der Waals surface area contributed by atoms with Gasteiger partial charge in [0.25, 0.3) is 0 Å². The molecular weight excluding hydrogens is 244 g/mol. The summed E-state index contributed by atoms with van der Waals surface area (Å²) in [5, 5.41) is 17.1. The van der Waals surface area contributed by atoms with E-state index >= 15 is 0 Å². The summed E-state index contributed by atoms with van der Waals surface area (Å²) in [5.41, 5.74) is 0. The first kappa shape index (κ1) is 14.0. The second kappa shape index (κ2) is 6.68. The fourth-order valence-corrected chi connectivity index (χ4v) is 2.61. The number of aromatic nitrogens is 2. The van der Waals surface area contributed by atoms with Gasteiger partial charge < -0.3 is 10.4 Å². The normalized spacial score (nSPS) is 22.1. The molecule has 1 saturated heterocycles. The Morgan fingerprint density at radius 1 is 1.58 bits per heavy atom. The molecule has 1 aliphatic heterocycles. The van der Waals surface area contributed by atoms with Crippen molar-refractivity contribution in [3.8, 4) is 0 Å². The van der Waals surface area contributed by atoms with Gasteiger partial charge >= 0.3 is 0 Å². The Kier molecular flexibility index (Phi) is 4.93. The lowest BCUT2D eigenvalue weighted by atomic mass is 10.1. The molecule has 6 nitrogen and oxygen atoms in total. The molecular formula is C13H22N4O2. The van der Waals surface area contributed by atoms with E-state index in [4.69, 9.17) is 0 Å². The molecule has 1 aliphatic rings. The molecule has 0 radical (unpaired) electrons. The third kappa shape index (κ3) is 4.65. The minimum atomic E-state index is -0.434. The van der Waals surface area contributed by atoms with Crippen LogP contribution in [-0.2, 0) is 11.3 Å². The molecule has 0 bridgehead atoms. The fourth-order valence-electron chi connectivity index (χ4n) is 2.61. The van der Waals surface area contributed by atoms with Gasteiger partial charge in [-0.2, -0.15) is 5.10 Å². The van der Waals surface area contributed by atoms with Crippen LogP contribution in [0, 0.1) is 0 Å². The number of hydrogen-bond acceptors (Lipinski definition) is 4. The smallest absolute Gasteiger partial charge is 0.217 e. The average molecular weight is 266 g/mol. The highest BCUT2D eigenvalue weighted by Crippen LogP contribution is 2.10. The number of rotatable bonds is 5. The third-order valence-corrected chi connectivity index (χ3v) is 3.34. The van der Waals surface area contributed by atoms with E-state index in [2.05, 4.69) is 15.3 Å². The Morgan fingerprint density at radius 2 is 2.42 bits per heavy atom.